The number of carbonyl (C=O) groups is 1. The quantitative estimate of drug-likeness (QED) is 0.826. The number of likely N-dealkylation sites (tertiary alicyclic amines) is 1. The summed E-state index contributed by atoms with van der Waals surface area (Å²) in [6, 6.07) is 8.98. The average Bonchev–Trinajstić information content (AvgIpc) is 2.61. The second kappa shape index (κ2) is 10.0. The number of piperidine rings is 1. The van der Waals surface area contributed by atoms with Crippen molar-refractivity contribution >= 4 is 18.3 Å². The molecule has 1 aliphatic heterocycles. The number of aryl methyl sites for hydroxylation is 1. The number of carbonyl (C=O) groups excluding carboxylic acids is 1. The van der Waals surface area contributed by atoms with Gasteiger partial charge in [0.25, 0.3) is 0 Å². The zero-order chi connectivity index (χ0) is 16.8. The summed E-state index contributed by atoms with van der Waals surface area (Å²) in [7, 11) is 2.00. The van der Waals surface area contributed by atoms with Gasteiger partial charge in [-0.05, 0) is 57.8 Å². The fraction of sp³-hybridized carbons (Fsp3) is 0.632. The monoisotopic (exact) mass is 353 g/mol. The molecule has 3 atom stereocenters. The molecule has 0 bridgehead atoms. The van der Waals surface area contributed by atoms with Crippen LogP contribution in [0.15, 0.2) is 24.3 Å². The van der Waals surface area contributed by atoms with Gasteiger partial charge in [0.15, 0.2) is 0 Å². The highest BCUT2D eigenvalue weighted by molar-refractivity contribution is 5.85. The number of halogens is 1. The predicted molar refractivity (Wildman–Crippen MR) is 103 cm³/mol. The molecule has 1 aliphatic rings. The van der Waals surface area contributed by atoms with Gasteiger partial charge < -0.3 is 10.6 Å². The first-order valence-electron chi connectivity index (χ1n) is 8.85. The third-order valence-electron chi connectivity index (χ3n) is 5.03. The van der Waals surface area contributed by atoms with E-state index in [4.69, 9.17) is 0 Å². The molecule has 3 unspecified atom stereocenters. The lowest BCUT2D eigenvalue weighted by Crippen LogP contribution is -2.52. The second-order valence-corrected chi connectivity index (χ2v) is 6.62. The molecule has 0 radical (unpaired) electrons. The number of likely N-dealkylation sites (N-methyl/N-ethyl adjacent to an activating group) is 1. The minimum absolute atomic E-state index is 0. The molecule has 4 nitrogen and oxygen atoms in total. The molecule has 1 amide bonds. The fourth-order valence-corrected chi connectivity index (χ4v) is 3.22. The Labute approximate surface area is 152 Å². The molecule has 0 aliphatic carbocycles. The maximum absolute atomic E-state index is 12.6. The zero-order valence-corrected chi connectivity index (χ0v) is 16.2. The number of hydrogen-bond donors (Lipinski definition) is 2. The number of nitrogens with zero attached hydrogens (tertiary/aromatic N) is 1. The third-order valence-corrected chi connectivity index (χ3v) is 5.03. The van der Waals surface area contributed by atoms with E-state index in [0.717, 1.165) is 31.5 Å². The summed E-state index contributed by atoms with van der Waals surface area (Å²) in [4.78, 5) is 14.9. The van der Waals surface area contributed by atoms with Crippen molar-refractivity contribution in [2.24, 2.45) is 0 Å². The Kier molecular flexibility index (Phi) is 8.74. The van der Waals surface area contributed by atoms with E-state index in [0.29, 0.717) is 6.04 Å². The van der Waals surface area contributed by atoms with Crippen LogP contribution < -0.4 is 10.6 Å². The van der Waals surface area contributed by atoms with E-state index in [1.807, 2.05) is 14.0 Å². The first-order valence-corrected chi connectivity index (χ1v) is 8.85. The molecule has 0 spiro atoms. The molecule has 1 aromatic carbocycles. The van der Waals surface area contributed by atoms with Gasteiger partial charge in [0.05, 0.1) is 12.1 Å². The molecular formula is C19H32ClN3O. The van der Waals surface area contributed by atoms with Crippen molar-refractivity contribution < 1.29 is 4.79 Å². The third kappa shape index (κ3) is 5.47. The van der Waals surface area contributed by atoms with Crippen LogP contribution in [-0.2, 0) is 11.2 Å². The van der Waals surface area contributed by atoms with Gasteiger partial charge in [-0.3, -0.25) is 9.69 Å². The van der Waals surface area contributed by atoms with Crippen molar-refractivity contribution in [1.29, 1.82) is 0 Å². The first kappa shape index (κ1) is 20.9. The predicted octanol–water partition coefficient (Wildman–Crippen LogP) is 2.92. The minimum atomic E-state index is -0.0801. The summed E-state index contributed by atoms with van der Waals surface area (Å²) in [6.07, 6.45) is 3.39. The molecular weight excluding hydrogens is 322 g/mol. The van der Waals surface area contributed by atoms with E-state index in [2.05, 4.69) is 53.6 Å². The Balaban J connectivity index is 0.00000288. The van der Waals surface area contributed by atoms with Crippen LogP contribution in [0.4, 0.5) is 0 Å². The molecule has 2 N–H and O–H groups in total. The van der Waals surface area contributed by atoms with Crippen LogP contribution >= 0.6 is 12.4 Å². The lowest BCUT2D eigenvalue weighted by atomic mass is 10.0. The Morgan fingerprint density at radius 1 is 1.29 bits per heavy atom. The van der Waals surface area contributed by atoms with Crippen LogP contribution in [0.3, 0.4) is 0 Å². The molecule has 1 heterocycles. The Bertz CT molecular complexity index is 506. The Morgan fingerprint density at radius 3 is 2.54 bits per heavy atom. The molecule has 24 heavy (non-hydrogen) atoms. The highest BCUT2D eigenvalue weighted by atomic mass is 35.5. The van der Waals surface area contributed by atoms with Crippen LogP contribution in [0.25, 0.3) is 0 Å². The largest absolute Gasteiger partial charge is 0.348 e. The standard InChI is InChI=1S/C19H31N3O.ClH/c1-5-16-8-10-17(11-9-16)14(2)21-19(23)15(3)22-12-6-7-18(13-22)20-4;/h8-11,14-15,18,20H,5-7,12-13H2,1-4H3,(H,21,23);1H. The van der Waals surface area contributed by atoms with E-state index >= 15 is 0 Å². The van der Waals surface area contributed by atoms with Gasteiger partial charge >= 0.3 is 0 Å². The first-order chi connectivity index (χ1) is 11.0. The number of rotatable bonds is 6. The SMILES string of the molecule is CCc1ccc(C(C)NC(=O)C(C)N2CCCC(NC)C2)cc1.Cl. The topological polar surface area (TPSA) is 44.4 Å². The highest BCUT2D eigenvalue weighted by Crippen LogP contribution is 2.16. The summed E-state index contributed by atoms with van der Waals surface area (Å²) in [5, 5.41) is 6.49. The fourth-order valence-electron chi connectivity index (χ4n) is 3.22. The molecule has 1 aromatic rings. The van der Waals surface area contributed by atoms with Gasteiger partial charge in [-0.1, -0.05) is 31.2 Å². The summed E-state index contributed by atoms with van der Waals surface area (Å²) < 4.78 is 0. The van der Waals surface area contributed by atoms with Gasteiger partial charge in [-0.25, -0.2) is 0 Å². The molecule has 0 aromatic heterocycles. The van der Waals surface area contributed by atoms with Gasteiger partial charge in [-0.15, -0.1) is 12.4 Å². The maximum Gasteiger partial charge on any atom is 0.237 e. The van der Waals surface area contributed by atoms with E-state index < -0.39 is 0 Å². The van der Waals surface area contributed by atoms with Gasteiger partial charge in [0, 0.05) is 12.6 Å². The number of amides is 1. The van der Waals surface area contributed by atoms with E-state index in [1.54, 1.807) is 0 Å². The molecule has 5 heteroatoms. The molecule has 136 valence electrons. The van der Waals surface area contributed by atoms with Crippen molar-refractivity contribution in [3.05, 3.63) is 35.4 Å². The van der Waals surface area contributed by atoms with Crippen LogP contribution in [0, 0.1) is 0 Å². The van der Waals surface area contributed by atoms with Crippen molar-refractivity contribution in [3.63, 3.8) is 0 Å². The average molecular weight is 354 g/mol. The molecule has 2 rings (SSSR count). The minimum Gasteiger partial charge on any atom is -0.348 e. The summed E-state index contributed by atoms with van der Waals surface area (Å²) in [5.41, 5.74) is 2.49. The van der Waals surface area contributed by atoms with Crippen LogP contribution in [-0.4, -0.2) is 43.0 Å². The van der Waals surface area contributed by atoms with Crippen molar-refractivity contribution in [2.45, 2.75) is 58.2 Å². The highest BCUT2D eigenvalue weighted by Gasteiger charge is 2.27. The van der Waals surface area contributed by atoms with Crippen LogP contribution in [0.5, 0.6) is 0 Å². The smallest absolute Gasteiger partial charge is 0.237 e. The number of nitrogens with one attached hydrogen (secondary N) is 2. The summed E-state index contributed by atoms with van der Waals surface area (Å²) >= 11 is 0. The van der Waals surface area contributed by atoms with Crippen molar-refractivity contribution in [2.75, 3.05) is 20.1 Å². The summed E-state index contributed by atoms with van der Waals surface area (Å²) in [6.45, 7) is 8.17. The normalized spacial score (nSPS) is 20.8. The number of hydrogen-bond acceptors (Lipinski definition) is 3. The Hall–Kier alpha value is -1.10. The summed E-state index contributed by atoms with van der Waals surface area (Å²) in [5.74, 6) is 0.119. The van der Waals surface area contributed by atoms with E-state index in [-0.39, 0.29) is 30.4 Å². The lowest BCUT2D eigenvalue weighted by Gasteiger charge is -2.36. The molecule has 1 saturated heterocycles. The van der Waals surface area contributed by atoms with Gasteiger partial charge in [-0.2, -0.15) is 0 Å². The second-order valence-electron chi connectivity index (χ2n) is 6.62. The lowest BCUT2D eigenvalue weighted by molar-refractivity contribution is -0.127. The number of benzene rings is 1. The van der Waals surface area contributed by atoms with Crippen LogP contribution in [0.1, 0.15) is 50.8 Å². The van der Waals surface area contributed by atoms with Crippen LogP contribution in [0.2, 0.25) is 0 Å². The van der Waals surface area contributed by atoms with Crippen molar-refractivity contribution in [3.8, 4) is 0 Å². The Morgan fingerprint density at radius 2 is 1.96 bits per heavy atom. The van der Waals surface area contributed by atoms with Gasteiger partial charge in [0.2, 0.25) is 5.91 Å². The molecule has 1 fully saturated rings. The molecule has 0 saturated carbocycles. The van der Waals surface area contributed by atoms with E-state index in [1.165, 1.54) is 12.0 Å². The van der Waals surface area contributed by atoms with Crippen molar-refractivity contribution in [1.82, 2.24) is 15.5 Å². The van der Waals surface area contributed by atoms with E-state index in [9.17, 15) is 4.79 Å². The maximum atomic E-state index is 12.6. The van der Waals surface area contributed by atoms with Gasteiger partial charge in [0.1, 0.15) is 0 Å². The zero-order valence-electron chi connectivity index (χ0n) is 15.3.